The van der Waals surface area contributed by atoms with Gasteiger partial charge in [0.2, 0.25) is 0 Å². The first-order chi connectivity index (χ1) is 4.12. The maximum absolute atomic E-state index is 3.26. The fraction of sp³-hybridized carbons (Fsp3) is 1.00. The van der Waals surface area contributed by atoms with Crippen LogP contribution in [0.3, 0.4) is 0 Å². The molecule has 0 bridgehead atoms. The molecule has 0 amide bonds. The normalized spacial score (nSPS) is 17.3. The molecule has 1 atom stereocenters. The lowest BCUT2D eigenvalue weighted by atomic mass is 10.1. The van der Waals surface area contributed by atoms with Gasteiger partial charge in [0.1, 0.15) is 0 Å². The Bertz CT molecular complexity index is 71.3. The van der Waals surface area contributed by atoms with E-state index < -0.39 is 0 Å². The number of nitrogens with one attached hydrogen (secondary N) is 1. The third kappa shape index (κ3) is 5.15. The quantitative estimate of drug-likeness (QED) is 0.453. The van der Waals surface area contributed by atoms with E-state index in [9.17, 15) is 0 Å². The maximum atomic E-state index is 3.26. The fourth-order valence-corrected chi connectivity index (χ4v) is 1.02. The zero-order chi connectivity index (χ0) is 7.33. The molecule has 0 aromatic heterocycles. The van der Waals surface area contributed by atoms with E-state index in [4.69, 9.17) is 0 Å². The zero-order valence-electron chi connectivity index (χ0n) is 6.50. The van der Waals surface area contributed by atoms with E-state index >= 15 is 0 Å². The van der Waals surface area contributed by atoms with Gasteiger partial charge in [-0.2, -0.15) is 0 Å². The fourth-order valence-electron chi connectivity index (χ4n) is 0.634. The summed E-state index contributed by atoms with van der Waals surface area (Å²) in [7, 11) is 2.02. The van der Waals surface area contributed by atoms with Crippen molar-refractivity contribution in [2.24, 2.45) is 0 Å². The first-order valence-electron chi connectivity index (χ1n) is 3.50. The molecule has 0 aliphatic rings. The van der Waals surface area contributed by atoms with Gasteiger partial charge in [-0.3, -0.25) is 0 Å². The summed E-state index contributed by atoms with van der Waals surface area (Å²) in [6.45, 7) is 4.45. The molecule has 1 unspecified atom stereocenters. The van der Waals surface area contributed by atoms with Crippen molar-refractivity contribution < 1.29 is 0 Å². The van der Waals surface area contributed by atoms with Crippen LogP contribution in [0.1, 0.15) is 33.1 Å². The maximum Gasteiger partial charge on any atom is 0.0674 e. The Morgan fingerprint density at radius 3 is 2.44 bits per heavy atom. The van der Waals surface area contributed by atoms with Gasteiger partial charge >= 0.3 is 0 Å². The van der Waals surface area contributed by atoms with E-state index in [1.807, 2.05) is 7.05 Å². The molecule has 0 heterocycles. The lowest BCUT2D eigenvalue weighted by Gasteiger charge is -2.20. The van der Waals surface area contributed by atoms with Crippen LogP contribution in [0.25, 0.3) is 0 Å². The smallest absolute Gasteiger partial charge is 0.0674 e. The van der Waals surface area contributed by atoms with E-state index in [1.54, 1.807) is 0 Å². The second-order valence-electron chi connectivity index (χ2n) is 2.55. The van der Waals surface area contributed by atoms with Crippen molar-refractivity contribution in [3.63, 3.8) is 0 Å². The topological polar surface area (TPSA) is 12.0 Å². The van der Waals surface area contributed by atoms with E-state index in [1.165, 1.54) is 19.3 Å². The Kier molecular flexibility index (Phi) is 4.84. The van der Waals surface area contributed by atoms with Gasteiger partial charge < -0.3 is 5.32 Å². The van der Waals surface area contributed by atoms with Crippen molar-refractivity contribution in [2.75, 3.05) is 7.05 Å². The highest BCUT2D eigenvalue weighted by molar-refractivity contribution is 14.1. The number of hydrogen-bond donors (Lipinski definition) is 1. The van der Waals surface area contributed by atoms with E-state index in [-0.39, 0.29) is 0 Å². The molecule has 0 saturated heterocycles. The van der Waals surface area contributed by atoms with Gasteiger partial charge in [-0.25, -0.2) is 0 Å². The Labute approximate surface area is 71.7 Å². The monoisotopic (exact) mass is 241 g/mol. The minimum absolute atomic E-state index is 0.313. The summed E-state index contributed by atoms with van der Waals surface area (Å²) in [6, 6.07) is 0. The minimum Gasteiger partial charge on any atom is -0.306 e. The molecule has 1 N–H and O–H groups in total. The molecule has 0 radical (unpaired) electrons. The number of rotatable bonds is 4. The van der Waals surface area contributed by atoms with Crippen LogP contribution in [0, 0.1) is 0 Å². The molecule has 2 heteroatoms. The molecule has 0 saturated carbocycles. The van der Waals surface area contributed by atoms with Crippen molar-refractivity contribution in [1.82, 2.24) is 5.32 Å². The zero-order valence-corrected chi connectivity index (χ0v) is 8.66. The Morgan fingerprint density at radius 2 is 2.11 bits per heavy atom. The van der Waals surface area contributed by atoms with Crippen molar-refractivity contribution in [3.8, 4) is 0 Å². The lowest BCUT2D eigenvalue weighted by molar-refractivity contribution is 0.516. The van der Waals surface area contributed by atoms with Crippen LogP contribution in [0.5, 0.6) is 0 Å². The first-order valence-corrected chi connectivity index (χ1v) is 4.58. The third-order valence-electron chi connectivity index (χ3n) is 1.52. The van der Waals surface area contributed by atoms with E-state index in [0.717, 1.165) is 0 Å². The van der Waals surface area contributed by atoms with Crippen LogP contribution < -0.4 is 5.32 Å². The Balaban J connectivity index is 3.33. The second kappa shape index (κ2) is 4.50. The van der Waals surface area contributed by atoms with Crippen LogP contribution in [-0.2, 0) is 0 Å². The molecule has 0 aromatic rings. The van der Waals surface area contributed by atoms with Gasteiger partial charge in [-0.1, -0.05) is 42.4 Å². The molecule has 0 aliphatic carbocycles. The average molecular weight is 241 g/mol. The Morgan fingerprint density at radius 1 is 1.56 bits per heavy atom. The van der Waals surface area contributed by atoms with Gasteiger partial charge in [0.05, 0.1) is 3.55 Å². The summed E-state index contributed by atoms with van der Waals surface area (Å²) in [5.41, 5.74) is 0. The van der Waals surface area contributed by atoms with Gasteiger partial charge in [0, 0.05) is 0 Å². The summed E-state index contributed by atoms with van der Waals surface area (Å²) >= 11 is 2.45. The van der Waals surface area contributed by atoms with Crippen molar-refractivity contribution >= 4 is 22.6 Å². The van der Waals surface area contributed by atoms with E-state index in [2.05, 4.69) is 41.8 Å². The van der Waals surface area contributed by atoms with Crippen molar-refractivity contribution in [2.45, 2.75) is 36.7 Å². The second-order valence-corrected chi connectivity index (χ2v) is 4.93. The molecule has 0 rings (SSSR count). The summed E-state index contributed by atoms with van der Waals surface area (Å²) < 4.78 is 0.313. The number of alkyl halides is 1. The molecule has 1 nitrogen and oxygen atoms in total. The number of halogens is 1. The third-order valence-corrected chi connectivity index (χ3v) is 2.60. The van der Waals surface area contributed by atoms with Crippen LogP contribution in [0.15, 0.2) is 0 Å². The molecule has 9 heavy (non-hydrogen) atoms. The predicted octanol–water partition coefficient (Wildman–Crippen LogP) is 2.55. The van der Waals surface area contributed by atoms with Gasteiger partial charge in [-0.15, -0.1) is 0 Å². The minimum atomic E-state index is 0.313. The Hall–Kier alpha value is 0.690. The molecule has 0 aliphatic heterocycles. The van der Waals surface area contributed by atoms with Gasteiger partial charge in [-0.05, 0) is 20.4 Å². The highest BCUT2D eigenvalue weighted by Crippen LogP contribution is 2.20. The SMILES string of the molecule is CCCCC(C)(I)NC. The predicted molar refractivity (Wildman–Crippen MR) is 51.0 cm³/mol. The standard InChI is InChI=1S/C7H16IN/c1-4-5-6-7(2,8)9-3/h9H,4-6H2,1-3H3. The highest BCUT2D eigenvalue weighted by atomic mass is 127. The first kappa shape index (κ1) is 9.69. The van der Waals surface area contributed by atoms with Crippen molar-refractivity contribution in [3.05, 3.63) is 0 Å². The molecule has 0 fully saturated rings. The van der Waals surface area contributed by atoms with Crippen LogP contribution in [0.4, 0.5) is 0 Å². The van der Waals surface area contributed by atoms with Crippen molar-refractivity contribution in [1.29, 1.82) is 0 Å². The van der Waals surface area contributed by atoms with Crippen LogP contribution >= 0.6 is 22.6 Å². The largest absolute Gasteiger partial charge is 0.306 e. The average Bonchev–Trinajstić information content (AvgIpc) is 1.84. The number of unbranched alkanes of at least 4 members (excludes halogenated alkanes) is 1. The number of hydrogen-bond acceptors (Lipinski definition) is 1. The highest BCUT2D eigenvalue weighted by Gasteiger charge is 2.14. The molecular weight excluding hydrogens is 225 g/mol. The molecular formula is C7H16IN. The molecule has 0 spiro atoms. The molecule has 56 valence electrons. The summed E-state index contributed by atoms with van der Waals surface area (Å²) in [4.78, 5) is 0. The van der Waals surface area contributed by atoms with E-state index in [0.29, 0.717) is 3.55 Å². The molecule has 0 aromatic carbocycles. The van der Waals surface area contributed by atoms with Crippen LogP contribution in [0.2, 0.25) is 0 Å². The lowest BCUT2D eigenvalue weighted by Crippen LogP contribution is -2.32. The summed E-state index contributed by atoms with van der Waals surface area (Å²) in [6.07, 6.45) is 3.88. The van der Waals surface area contributed by atoms with Gasteiger partial charge in [0.15, 0.2) is 0 Å². The van der Waals surface area contributed by atoms with Gasteiger partial charge in [0.25, 0.3) is 0 Å². The van der Waals surface area contributed by atoms with Crippen LogP contribution in [-0.4, -0.2) is 10.6 Å². The summed E-state index contributed by atoms with van der Waals surface area (Å²) in [5, 5.41) is 3.26. The summed E-state index contributed by atoms with van der Waals surface area (Å²) in [5.74, 6) is 0.